The summed E-state index contributed by atoms with van der Waals surface area (Å²) >= 11 is 0. The monoisotopic (exact) mass is 1610 g/mol. The zero-order chi connectivity index (χ0) is 78.9. The molecule has 2 aromatic heterocycles. The van der Waals surface area contributed by atoms with Gasteiger partial charge in [0.05, 0.1) is 71.5 Å². The Morgan fingerprint density at radius 3 is 1.30 bits per heavy atom. The predicted molar refractivity (Wildman–Crippen MR) is 347 cm³/mol. The first-order valence-electron chi connectivity index (χ1n) is 30.4. The first-order chi connectivity index (χ1) is 48.5. The van der Waals surface area contributed by atoms with Crippen LogP contribution in [-0.2, 0) is 102 Å². The minimum atomic E-state index is -4.46. The molecule has 28 atom stereocenters. The number of aromatic amines is 2. The quantitative estimate of drug-likeness (QED) is 0.0196. The number of ether oxygens (including phenoxy) is 9. The number of amides is 1. The number of nitrogens with two attached hydrogens (primary N) is 2. The zero-order valence-electron chi connectivity index (χ0n) is 56.2. The van der Waals surface area contributed by atoms with Crippen molar-refractivity contribution in [2.45, 2.75) is 141 Å². The van der Waals surface area contributed by atoms with Gasteiger partial charge in [-0.25, -0.2) is 23.0 Å². The van der Waals surface area contributed by atoms with Crippen LogP contribution in [0.1, 0.15) is 12.5 Å². The Balaban J connectivity index is 0.000000413. The molecule has 22 N–H and O–H groups in total. The summed E-state index contributed by atoms with van der Waals surface area (Å²) in [5.74, 6) is -1.74. The van der Waals surface area contributed by atoms with Gasteiger partial charge in [0.1, 0.15) is 111 Å². The first-order valence-corrected chi connectivity index (χ1v) is 39.0. The van der Waals surface area contributed by atoms with E-state index in [2.05, 4.69) is 14.8 Å². The number of hydrogen-bond donors (Lipinski definition) is 20. The number of methoxy groups -OCH3 is 2. The number of aromatic nitrogens is 4. The number of hydrogen-bond acceptors (Lipinski definition) is 42. The van der Waals surface area contributed by atoms with Crippen molar-refractivity contribution < 1.29 is 178 Å². The number of nitrogens with zero attached hydrogens (tertiary/aromatic N) is 2. The van der Waals surface area contributed by atoms with Crippen LogP contribution in [0.5, 0.6) is 0 Å². The van der Waals surface area contributed by atoms with E-state index in [0.29, 0.717) is 20.1 Å². The van der Waals surface area contributed by atoms with E-state index in [-0.39, 0.29) is 19.8 Å². The summed E-state index contributed by atoms with van der Waals surface area (Å²) in [4.78, 5) is 72.6. The molecule has 1 amide bonds. The van der Waals surface area contributed by atoms with Crippen LogP contribution in [0.4, 0.5) is 0 Å². The third kappa shape index (κ3) is 29.3. The summed E-state index contributed by atoms with van der Waals surface area (Å²) in [6.45, 7) is 1.28. The van der Waals surface area contributed by atoms with Crippen LogP contribution in [0.15, 0.2) is 43.7 Å². The molecule has 5 aliphatic heterocycles. The van der Waals surface area contributed by atoms with Crippen molar-refractivity contribution in [1.82, 2.24) is 24.4 Å². The van der Waals surface area contributed by atoms with Crippen LogP contribution in [0.2, 0.25) is 0 Å². The van der Waals surface area contributed by atoms with Gasteiger partial charge in [-0.2, -0.15) is 0 Å². The fourth-order valence-electron chi connectivity index (χ4n) is 9.35. The SMILES string of the molecule is COCCOCC(=O)NC1[C@@H](OP(C)(=O)OP(C)(=O)OCC2OC(n3ccc(=O)[nH]c3=O)[C@H](O)[C@@H]2O)OC(CO)[C@H](O)[C@@H]1O.COCCOCC(=O)O.CP(=O)(OCC1OC(n2ccc(=O)[nH]c2=O)[C@H](O)[C@@H]1O)OP(C)(=O)O[C@H]1OC(CO)[C@H](O)[C@H](O)C1N.NC1C(O)OC(CO)[C@H](O)[C@@H]1O.O=BP. The Morgan fingerprint density at radius 2 is 0.904 bits per heavy atom. The molecule has 0 bridgehead atoms. The standard InChI is InChI=1S/C22H37N3O17P2.C17H29N3O14P2.C6H13NO5.C5H10O4.BH2OP/c1-36-6-7-37-10-14(28)23-15-18(31)16(29)11(8-26)40-21(15)41-44(3,35)42-43(2,34)38-9-12-17(30)19(32)20(39-12)25-5-4-13(27)24-22(25)33;1-35(28,34-36(2,29)33-16-10(18)13(25)11(23)7(5-21)32-16)30-6-8-12(24)14(26)15(31-8)20-4-3-9(22)19-17(20)27;7-3-5(10)4(9)2(1-8)12-6(3)11;1-8-2-3-9-4-5(6)7;2-1-3/h4-5,11-12,15-21,26,29-32H,6-10H2,1-3H3,(H,23,28)(H,24,27,33);3-4,7-8,10-16,21,23-26H,5-6,18H2,1-2H3,(H,19,22,27);2-6,8-11H,1,7H2;2-4H2,1H3,(H,6,7);3H2/t11?,12?,15?,16-,17+,18+,19+,20?,21+,43?,44?;7?,8?,10?,11-,12+,13+,14+,15?,16+,35?,36?;2?,3?,4-,5+,6?;;/m000../s1. The number of nitrogens with one attached hydrogen (secondary N) is 3. The second kappa shape index (κ2) is 44.2. The number of carbonyl (C=O) groups excluding carboxylic acids is 1. The molecule has 0 aliphatic carbocycles. The van der Waals surface area contributed by atoms with E-state index >= 15 is 0 Å². The average molecular weight is 1610 g/mol. The van der Waals surface area contributed by atoms with E-state index in [1.165, 1.54) is 14.2 Å². The number of aliphatic carboxylic acids is 1. The first kappa shape index (κ1) is 94.5. The second-order valence-electron chi connectivity index (χ2n) is 22.7. The van der Waals surface area contributed by atoms with Gasteiger partial charge in [0.2, 0.25) is 5.91 Å². The minimum absolute atomic E-state index is 0.0702. The number of aliphatic hydroxyl groups is 14. The molecule has 5 saturated heterocycles. The van der Waals surface area contributed by atoms with Crippen molar-refractivity contribution in [2.24, 2.45) is 11.5 Å². The molecule has 5 fully saturated rings. The number of H-pyrrole nitrogens is 2. The summed E-state index contributed by atoms with van der Waals surface area (Å²) in [5, 5.41) is 147. The molecule has 600 valence electrons. The van der Waals surface area contributed by atoms with Crippen molar-refractivity contribution in [1.29, 1.82) is 0 Å². The maximum atomic E-state index is 13.2. The van der Waals surface area contributed by atoms with Gasteiger partial charge in [-0.15, -0.1) is 0 Å². The molecule has 2 aromatic rings. The van der Waals surface area contributed by atoms with Crippen LogP contribution < -0.4 is 39.3 Å². The molecule has 5 aliphatic rings. The van der Waals surface area contributed by atoms with Gasteiger partial charge >= 0.3 is 68.4 Å². The summed E-state index contributed by atoms with van der Waals surface area (Å²) in [6.07, 6.45) is -27.5. The summed E-state index contributed by atoms with van der Waals surface area (Å²) in [7, 11) is -12.4. The normalized spacial score (nSPS) is 34.0. The zero-order valence-corrected chi connectivity index (χ0v) is 60.9. The van der Waals surface area contributed by atoms with Crippen molar-refractivity contribution in [3.63, 3.8) is 0 Å². The molecular weight excluding hydrogens is 1520 g/mol. The van der Waals surface area contributed by atoms with E-state index in [0.717, 1.165) is 60.3 Å². The fraction of sp³-hybridized carbons (Fsp3) is 0.800. The molecule has 0 radical (unpaired) electrons. The number of rotatable bonds is 30. The molecule has 0 spiro atoms. The number of carboxylic acid groups (broad SMARTS) is 1. The van der Waals surface area contributed by atoms with Crippen molar-refractivity contribution in [3.8, 4) is 0 Å². The van der Waals surface area contributed by atoms with Crippen molar-refractivity contribution >= 4 is 58.2 Å². The molecule has 0 aromatic carbocycles. The molecule has 104 heavy (non-hydrogen) atoms. The second-order valence-corrected chi connectivity index (χ2v) is 31.4. The summed E-state index contributed by atoms with van der Waals surface area (Å²) < 4.78 is 139. The maximum absolute atomic E-state index is 13.2. The average Bonchev–Trinajstić information content (AvgIpc) is 1.10. The Morgan fingerprint density at radius 1 is 0.538 bits per heavy atom. The van der Waals surface area contributed by atoms with Crippen LogP contribution in [0.3, 0.4) is 0 Å². The van der Waals surface area contributed by atoms with Gasteiger partial charge in [-0.1, -0.05) is 0 Å². The van der Waals surface area contributed by atoms with E-state index in [4.69, 9.17) is 91.4 Å². The van der Waals surface area contributed by atoms with E-state index in [9.17, 15) is 108 Å². The van der Waals surface area contributed by atoms with E-state index in [1.54, 1.807) is 0 Å². The topological polar surface area (TPSA) is 735 Å². The molecule has 0 saturated carbocycles. The Hall–Kier alpha value is -3.73. The van der Waals surface area contributed by atoms with Crippen molar-refractivity contribution in [3.05, 3.63) is 66.2 Å². The Labute approximate surface area is 591 Å². The van der Waals surface area contributed by atoms with E-state index in [1.807, 2.05) is 19.1 Å². The van der Waals surface area contributed by atoms with Gasteiger partial charge in [-0.3, -0.25) is 60.8 Å². The molecule has 54 heteroatoms. The van der Waals surface area contributed by atoms with Gasteiger partial charge in [0, 0.05) is 65.4 Å². The summed E-state index contributed by atoms with van der Waals surface area (Å²) in [5.41, 5.74) is 7.76. The van der Waals surface area contributed by atoms with Gasteiger partial charge in [0.25, 0.3) is 11.1 Å². The number of carbonyl (C=O) groups is 2. The number of carboxylic acids is 1. The third-order valence-electron chi connectivity index (χ3n) is 14.5. The van der Waals surface area contributed by atoms with Crippen molar-refractivity contribution in [2.75, 3.05) is 114 Å². The van der Waals surface area contributed by atoms with Gasteiger partial charge < -0.3 is 145 Å². The molecule has 16 unspecified atom stereocenters. The van der Waals surface area contributed by atoms with Crippen LogP contribution >= 0.6 is 39.5 Å². The summed E-state index contributed by atoms with van der Waals surface area (Å²) in [6, 6.07) is -2.00. The van der Waals surface area contributed by atoms with Gasteiger partial charge in [0.15, 0.2) is 31.3 Å². The molecular formula is C50H91BN7O41P5. The Kier molecular flexibility index (Phi) is 40.2. The number of aliphatic hydroxyl groups excluding tert-OH is 14. The van der Waals surface area contributed by atoms with Crippen LogP contribution in [-0.4, -0.2) is 357 Å². The third-order valence-corrected chi connectivity index (χ3v) is 21.6. The van der Waals surface area contributed by atoms with Gasteiger partial charge in [-0.05, 0) is 0 Å². The van der Waals surface area contributed by atoms with Crippen LogP contribution in [0, 0.1) is 0 Å². The Bertz CT molecular complexity index is 3420. The van der Waals surface area contributed by atoms with Crippen LogP contribution in [0.25, 0.3) is 0 Å². The fourth-order valence-corrected chi connectivity index (χ4v) is 16.3. The molecule has 48 nitrogen and oxygen atoms in total. The molecule has 7 rings (SSSR count). The molecule has 7 heterocycles. The predicted octanol–water partition coefficient (Wildman–Crippen LogP) is -10.6. The van der Waals surface area contributed by atoms with E-state index < -0.39 is 245 Å².